The second kappa shape index (κ2) is 6.62. The number of benzene rings is 2. The summed E-state index contributed by atoms with van der Waals surface area (Å²) in [6, 6.07) is 13.7. The highest BCUT2D eigenvalue weighted by Gasteiger charge is 2.37. The minimum atomic E-state index is -0.557. The molecule has 6 nitrogen and oxygen atoms in total. The lowest BCUT2D eigenvalue weighted by Gasteiger charge is -2.24. The summed E-state index contributed by atoms with van der Waals surface area (Å²) in [7, 11) is 3.14. The van der Waals surface area contributed by atoms with Crippen molar-refractivity contribution < 1.29 is 14.3 Å². The van der Waals surface area contributed by atoms with Gasteiger partial charge in [0.2, 0.25) is 5.91 Å². The summed E-state index contributed by atoms with van der Waals surface area (Å²) in [6.07, 6.45) is 0.501. The van der Waals surface area contributed by atoms with Crippen LogP contribution in [0.1, 0.15) is 5.56 Å². The predicted octanol–water partition coefficient (Wildman–Crippen LogP) is 2.40. The number of ether oxygens (including phenoxy) is 1. The van der Waals surface area contributed by atoms with E-state index in [2.05, 4.69) is 10.6 Å². The van der Waals surface area contributed by atoms with Gasteiger partial charge < -0.3 is 15.4 Å². The molecule has 1 aliphatic heterocycles. The highest BCUT2D eigenvalue weighted by Crippen LogP contribution is 2.32. The molecule has 124 valence electrons. The average molecular weight is 325 g/mol. The summed E-state index contributed by atoms with van der Waals surface area (Å²) in [4.78, 5) is 26.5. The standard InChI is InChI=1S/C18H19N3O3/c1-19-17(22)16-10-12-6-3-4-9-15(12)21(16)18(23)20-13-7-5-8-14(11-13)24-2/h3-9,11,16H,10H2,1-2H3,(H,19,22)(H,20,23)/t16-/m0/s1. The molecule has 0 bridgehead atoms. The molecule has 0 unspecified atom stereocenters. The highest BCUT2D eigenvalue weighted by atomic mass is 16.5. The largest absolute Gasteiger partial charge is 0.497 e. The molecule has 3 rings (SSSR count). The number of anilines is 2. The second-order valence-corrected chi connectivity index (χ2v) is 5.49. The number of para-hydroxylation sites is 1. The van der Waals surface area contributed by atoms with Crippen LogP contribution in [0, 0.1) is 0 Å². The molecule has 1 atom stereocenters. The molecule has 24 heavy (non-hydrogen) atoms. The highest BCUT2D eigenvalue weighted by molar-refractivity contribution is 6.08. The van der Waals surface area contributed by atoms with Crippen LogP contribution in [0.5, 0.6) is 5.75 Å². The minimum absolute atomic E-state index is 0.188. The van der Waals surface area contributed by atoms with Crippen molar-refractivity contribution in [3.8, 4) is 5.75 Å². The van der Waals surface area contributed by atoms with Crippen molar-refractivity contribution in [3.05, 3.63) is 54.1 Å². The van der Waals surface area contributed by atoms with E-state index in [9.17, 15) is 9.59 Å². The van der Waals surface area contributed by atoms with Gasteiger partial charge in [-0.1, -0.05) is 24.3 Å². The molecule has 0 saturated carbocycles. The van der Waals surface area contributed by atoms with E-state index in [1.54, 1.807) is 38.4 Å². The van der Waals surface area contributed by atoms with E-state index in [0.29, 0.717) is 17.9 Å². The fourth-order valence-electron chi connectivity index (χ4n) is 2.90. The monoisotopic (exact) mass is 325 g/mol. The minimum Gasteiger partial charge on any atom is -0.497 e. The molecule has 0 radical (unpaired) electrons. The number of carbonyl (C=O) groups is 2. The van der Waals surface area contributed by atoms with Crippen LogP contribution in [0.2, 0.25) is 0 Å². The quantitative estimate of drug-likeness (QED) is 0.910. The number of hydrogen-bond acceptors (Lipinski definition) is 3. The number of amides is 3. The fraction of sp³-hybridized carbons (Fsp3) is 0.222. The first kappa shape index (κ1) is 15.9. The zero-order valence-corrected chi connectivity index (χ0v) is 13.6. The number of nitrogens with zero attached hydrogens (tertiary/aromatic N) is 1. The molecule has 2 N–H and O–H groups in total. The maximum Gasteiger partial charge on any atom is 0.327 e. The molecule has 0 aliphatic carbocycles. The van der Waals surface area contributed by atoms with Gasteiger partial charge in [-0.15, -0.1) is 0 Å². The molecule has 0 spiro atoms. The molecule has 2 aromatic carbocycles. The van der Waals surface area contributed by atoms with Crippen LogP contribution in [-0.2, 0) is 11.2 Å². The number of carbonyl (C=O) groups excluding carboxylic acids is 2. The van der Waals surface area contributed by atoms with Crippen molar-refractivity contribution in [1.29, 1.82) is 0 Å². The van der Waals surface area contributed by atoms with Gasteiger partial charge in [0.15, 0.2) is 0 Å². The normalized spacial score (nSPS) is 15.6. The third kappa shape index (κ3) is 2.90. The van der Waals surface area contributed by atoms with E-state index in [1.807, 2.05) is 24.3 Å². The Morgan fingerprint density at radius 3 is 2.71 bits per heavy atom. The fourth-order valence-corrected chi connectivity index (χ4v) is 2.90. The number of likely N-dealkylation sites (N-methyl/N-ethyl adjacent to an activating group) is 1. The van der Waals surface area contributed by atoms with Gasteiger partial charge in [0.05, 0.1) is 7.11 Å². The van der Waals surface area contributed by atoms with Crippen molar-refractivity contribution in [2.75, 3.05) is 24.4 Å². The number of methoxy groups -OCH3 is 1. The van der Waals surface area contributed by atoms with Gasteiger partial charge in [-0.05, 0) is 23.8 Å². The Balaban J connectivity index is 1.89. The van der Waals surface area contributed by atoms with E-state index in [1.165, 1.54) is 4.90 Å². The molecule has 0 aromatic heterocycles. The number of hydrogen-bond donors (Lipinski definition) is 2. The van der Waals surface area contributed by atoms with Gasteiger partial charge in [0, 0.05) is 30.9 Å². The van der Waals surface area contributed by atoms with Crippen LogP contribution in [0.25, 0.3) is 0 Å². The SMILES string of the molecule is CNC(=O)[C@@H]1Cc2ccccc2N1C(=O)Nc1cccc(OC)c1. The van der Waals surface area contributed by atoms with Crippen molar-refractivity contribution in [2.24, 2.45) is 0 Å². The van der Waals surface area contributed by atoms with E-state index in [4.69, 9.17) is 4.74 Å². The zero-order chi connectivity index (χ0) is 17.1. The van der Waals surface area contributed by atoms with Crippen molar-refractivity contribution >= 4 is 23.3 Å². The third-order valence-corrected chi connectivity index (χ3v) is 4.06. The Kier molecular flexibility index (Phi) is 4.37. The molecule has 6 heteroatoms. The molecule has 3 amide bonds. The van der Waals surface area contributed by atoms with Gasteiger partial charge in [-0.3, -0.25) is 9.69 Å². The molecular weight excluding hydrogens is 306 g/mol. The lowest BCUT2D eigenvalue weighted by Crippen LogP contribution is -2.48. The summed E-state index contributed by atoms with van der Waals surface area (Å²) >= 11 is 0. The first-order valence-electron chi connectivity index (χ1n) is 7.68. The van der Waals surface area contributed by atoms with Crippen LogP contribution in [0.4, 0.5) is 16.2 Å². The van der Waals surface area contributed by atoms with E-state index < -0.39 is 6.04 Å². The molecule has 1 aliphatic rings. The number of urea groups is 1. The van der Waals surface area contributed by atoms with Gasteiger partial charge in [0.25, 0.3) is 0 Å². The van der Waals surface area contributed by atoms with Crippen molar-refractivity contribution in [1.82, 2.24) is 5.32 Å². The Morgan fingerprint density at radius 1 is 1.17 bits per heavy atom. The smallest absolute Gasteiger partial charge is 0.327 e. The zero-order valence-electron chi connectivity index (χ0n) is 13.6. The van der Waals surface area contributed by atoms with Crippen LogP contribution in [-0.4, -0.2) is 32.1 Å². The predicted molar refractivity (Wildman–Crippen MR) is 92.5 cm³/mol. The van der Waals surface area contributed by atoms with Gasteiger partial charge >= 0.3 is 6.03 Å². The first-order valence-corrected chi connectivity index (χ1v) is 7.68. The van der Waals surface area contributed by atoms with Gasteiger partial charge in [-0.2, -0.15) is 0 Å². The van der Waals surface area contributed by atoms with Crippen LogP contribution >= 0.6 is 0 Å². The summed E-state index contributed by atoms with van der Waals surface area (Å²) in [6.45, 7) is 0. The summed E-state index contributed by atoms with van der Waals surface area (Å²) in [5.74, 6) is 0.462. The summed E-state index contributed by atoms with van der Waals surface area (Å²) < 4.78 is 5.17. The number of nitrogens with one attached hydrogen (secondary N) is 2. The van der Waals surface area contributed by atoms with Crippen LogP contribution in [0.15, 0.2) is 48.5 Å². The van der Waals surface area contributed by atoms with E-state index >= 15 is 0 Å². The van der Waals surface area contributed by atoms with Gasteiger partial charge in [-0.25, -0.2) is 4.79 Å². The molecule has 0 fully saturated rings. The molecule has 1 heterocycles. The lowest BCUT2D eigenvalue weighted by atomic mass is 10.1. The van der Waals surface area contributed by atoms with E-state index in [-0.39, 0.29) is 11.9 Å². The maximum atomic E-state index is 12.8. The third-order valence-electron chi connectivity index (χ3n) is 4.06. The Morgan fingerprint density at radius 2 is 1.96 bits per heavy atom. The molecular formula is C18H19N3O3. The number of rotatable bonds is 3. The van der Waals surface area contributed by atoms with Crippen LogP contribution in [0.3, 0.4) is 0 Å². The first-order chi connectivity index (χ1) is 11.6. The maximum absolute atomic E-state index is 12.8. The lowest BCUT2D eigenvalue weighted by molar-refractivity contribution is -0.121. The summed E-state index contributed by atoms with van der Waals surface area (Å²) in [5, 5.41) is 5.46. The molecule has 2 aromatic rings. The number of fused-ring (bicyclic) bond motifs is 1. The molecule has 0 saturated heterocycles. The summed E-state index contributed by atoms with van der Waals surface area (Å²) in [5.41, 5.74) is 2.35. The Labute approximate surface area is 140 Å². The van der Waals surface area contributed by atoms with E-state index in [0.717, 1.165) is 11.3 Å². The average Bonchev–Trinajstić information content (AvgIpc) is 3.00. The van der Waals surface area contributed by atoms with Crippen LogP contribution < -0.4 is 20.3 Å². The second-order valence-electron chi connectivity index (χ2n) is 5.49. The van der Waals surface area contributed by atoms with Crippen molar-refractivity contribution in [2.45, 2.75) is 12.5 Å². The Hall–Kier alpha value is -3.02. The topological polar surface area (TPSA) is 70.7 Å². The van der Waals surface area contributed by atoms with Gasteiger partial charge in [0.1, 0.15) is 11.8 Å². The Bertz CT molecular complexity index is 776. The van der Waals surface area contributed by atoms with Crippen molar-refractivity contribution in [3.63, 3.8) is 0 Å².